The third-order valence-corrected chi connectivity index (χ3v) is 3.71. The third-order valence-electron chi connectivity index (χ3n) is 3.71. The molecule has 0 aliphatic heterocycles. The van der Waals surface area contributed by atoms with Gasteiger partial charge in [0.05, 0.1) is 23.9 Å². The number of carbonyl (C=O) groups excluding carboxylic acids is 1. The van der Waals surface area contributed by atoms with Crippen LogP contribution < -0.4 is 10.1 Å². The zero-order chi connectivity index (χ0) is 18.1. The van der Waals surface area contributed by atoms with Gasteiger partial charge in [0.25, 0.3) is 5.91 Å². The third kappa shape index (κ3) is 3.78. The van der Waals surface area contributed by atoms with E-state index in [0.717, 1.165) is 5.69 Å². The minimum Gasteiger partial charge on any atom is -0.496 e. The Morgan fingerprint density at radius 2 is 1.75 bits per heavy atom. The Hall–Kier alpha value is -2.30. The first-order valence-electron chi connectivity index (χ1n) is 8.09. The Bertz CT molecular complexity index is 734. The van der Waals surface area contributed by atoms with E-state index in [0.29, 0.717) is 17.1 Å². The van der Waals surface area contributed by atoms with Gasteiger partial charge in [0, 0.05) is 11.5 Å². The summed E-state index contributed by atoms with van der Waals surface area (Å²) in [7, 11) is 1.56. The van der Waals surface area contributed by atoms with Crippen LogP contribution in [0.2, 0.25) is 0 Å². The molecule has 5 nitrogen and oxygen atoms in total. The second-order valence-corrected chi connectivity index (χ2v) is 7.90. The standard InChI is InChI=1S/C19H27N3O2/c1-18(2,3)15-12-16(22(21-15)19(4,5)6)20-17(23)13-10-8-9-11-14(13)24-7/h8-12H,1-7H3,(H,20,23). The van der Waals surface area contributed by atoms with E-state index in [1.54, 1.807) is 19.2 Å². The number of ether oxygens (including phenoxy) is 1. The van der Waals surface area contributed by atoms with Crippen LogP contribution in [0.5, 0.6) is 5.75 Å². The SMILES string of the molecule is COc1ccccc1C(=O)Nc1cc(C(C)(C)C)nn1C(C)(C)C. The van der Waals surface area contributed by atoms with Crippen LogP contribution in [0, 0.1) is 0 Å². The molecule has 0 saturated heterocycles. The van der Waals surface area contributed by atoms with Crippen LogP contribution in [0.25, 0.3) is 0 Å². The Morgan fingerprint density at radius 3 is 2.29 bits per heavy atom. The lowest BCUT2D eigenvalue weighted by atomic mass is 9.92. The molecule has 0 radical (unpaired) electrons. The molecule has 0 bridgehead atoms. The first-order valence-corrected chi connectivity index (χ1v) is 8.09. The minimum absolute atomic E-state index is 0.0968. The number of carbonyl (C=O) groups is 1. The average Bonchev–Trinajstić information content (AvgIpc) is 2.91. The van der Waals surface area contributed by atoms with E-state index in [1.165, 1.54) is 0 Å². The Morgan fingerprint density at radius 1 is 1.12 bits per heavy atom. The Kier molecular flexibility index (Phi) is 4.74. The van der Waals surface area contributed by atoms with E-state index in [9.17, 15) is 4.79 Å². The molecule has 1 aromatic carbocycles. The van der Waals surface area contributed by atoms with Gasteiger partial charge in [-0.15, -0.1) is 0 Å². The van der Waals surface area contributed by atoms with Gasteiger partial charge in [0.1, 0.15) is 11.6 Å². The van der Waals surface area contributed by atoms with E-state index in [4.69, 9.17) is 9.84 Å². The zero-order valence-electron chi connectivity index (χ0n) is 15.6. The maximum atomic E-state index is 12.7. The number of anilines is 1. The Balaban J connectivity index is 2.41. The summed E-state index contributed by atoms with van der Waals surface area (Å²) in [6.07, 6.45) is 0. The number of nitrogens with zero attached hydrogens (tertiary/aromatic N) is 2. The largest absolute Gasteiger partial charge is 0.496 e. The van der Waals surface area contributed by atoms with Crippen molar-refractivity contribution in [1.82, 2.24) is 9.78 Å². The molecule has 130 valence electrons. The fourth-order valence-corrected chi connectivity index (χ4v) is 2.36. The van der Waals surface area contributed by atoms with Crippen LogP contribution in [0.1, 0.15) is 57.6 Å². The molecule has 0 unspecified atom stereocenters. The lowest BCUT2D eigenvalue weighted by Crippen LogP contribution is -2.27. The second kappa shape index (κ2) is 6.30. The number of rotatable bonds is 3. The first kappa shape index (κ1) is 18.0. The Labute approximate surface area is 144 Å². The smallest absolute Gasteiger partial charge is 0.260 e. The van der Waals surface area contributed by atoms with Crippen LogP contribution in [-0.4, -0.2) is 22.8 Å². The highest BCUT2D eigenvalue weighted by atomic mass is 16.5. The highest BCUT2D eigenvalue weighted by Gasteiger charge is 2.26. The number of aromatic nitrogens is 2. The van der Waals surface area contributed by atoms with Crippen molar-refractivity contribution in [3.05, 3.63) is 41.6 Å². The molecular weight excluding hydrogens is 302 g/mol. The topological polar surface area (TPSA) is 56.1 Å². The highest BCUT2D eigenvalue weighted by Crippen LogP contribution is 2.29. The molecule has 1 N–H and O–H groups in total. The summed E-state index contributed by atoms with van der Waals surface area (Å²) in [5, 5.41) is 7.69. The van der Waals surface area contributed by atoms with Gasteiger partial charge in [-0.25, -0.2) is 4.68 Å². The number of para-hydroxylation sites is 1. The first-order chi connectivity index (χ1) is 11.0. The molecule has 1 aromatic heterocycles. The van der Waals surface area contributed by atoms with E-state index in [1.807, 2.05) is 22.9 Å². The fraction of sp³-hybridized carbons (Fsp3) is 0.474. The van der Waals surface area contributed by atoms with Crippen LogP contribution in [0.3, 0.4) is 0 Å². The van der Waals surface area contributed by atoms with E-state index in [-0.39, 0.29) is 16.9 Å². The summed E-state index contributed by atoms with van der Waals surface area (Å²) in [6.45, 7) is 12.5. The molecule has 0 aliphatic rings. The summed E-state index contributed by atoms with van der Waals surface area (Å²) in [6, 6.07) is 9.12. The monoisotopic (exact) mass is 329 g/mol. The molecule has 1 amide bonds. The van der Waals surface area contributed by atoms with Crippen molar-refractivity contribution in [2.75, 3.05) is 12.4 Å². The van der Waals surface area contributed by atoms with Crippen molar-refractivity contribution in [2.45, 2.75) is 52.5 Å². The fourth-order valence-electron chi connectivity index (χ4n) is 2.36. The number of methoxy groups -OCH3 is 1. The molecule has 2 aromatic rings. The van der Waals surface area contributed by atoms with Crippen molar-refractivity contribution in [1.29, 1.82) is 0 Å². The van der Waals surface area contributed by atoms with Gasteiger partial charge in [0.15, 0.2) is 0 Å². The number of hydrogen-bond donors (Lipinski definition) is 1. The average molecular weight is 329 g/mol. The maximum absolute atomic E-state index is 12.7. The lowest BCUT2D eigenvalue weighted by molar-refractivity contribution is 0.102. The van der Waals surface area contributed by atoms with E-state index < -0.39 is 0 Å². The number of hydrogen-bond acceptors (Lipinski definition) is 3. The van der Waals surface area contributed by atoms with Crippen molar-refractivity contribution >= 4 is 11.7 Å². The molecule has 5 heteroatoms. The van der Waals surface area contributed by atoms with Crippen molar-refractivity contribution in [2.24, 2.45) is 0 Å². The summed E-state index contributed by atoms with van der Waals surface area (Å²) in [5.74, 6) is 1.02. The molecule has 0 spiro atoms. The van der Waals surface area contributed by atoms with Crippen molar-refractivity contribution < 1.29 is 9.53 Å². The normalized spacial score (nSPS) is 12.1. The molecule has 0 fully saturated rings. The molecular formula is C19H27N3O2. The summed E-state index contributed by atoms with van der Waals surface area (Å²) < 4.78 is 7.14. The van der Waals surface area contributed by atoms with Crippen LogP contribution in [0.15, 0.2) is 30.3 Å². The van der Waals surface area contributed by atoms with Gasteiger partial charge in [-0.1, -0.05) is 32.9 Å². The summed E-state index contributed by atoms with van der Waals surface area (Å²) in [4.78, 5) is 12.7. The van der Waals surface area contributed by atoms with Gasteiger partial charge < -0.3 is 10.1 Å². The minimum atomic E-state index is -0.243. The molecule has 0 atom stereocenters. The van der Waals surface area contributed by atoms with E-state index >= 15 is 0 Å². The van der Waals surface area contributed by atoms with Gasteiger partial charge in [-0.05, 0) is 32.9 Å². The quantitative estimate of drug-likeness (QED) is 0.918. The zero-order valence-corrected chi connectivity index (χ0v) is 15.6. The number of benzene rings is 1. The molecule has 24 heavy (non-hydrogen) atoms. The van der Waals surface area contributed by atoms with E-state index in [2.05, 4.69) is 46.9 Å². The molecule has 0 aliphatic carbocycles. The second-order valence-electron chi connectivity index (χ2n) is 7.90. The van der Waals surface area contributed by atoms with Gasteiger partial charge in [0.2, 0.25) is 0 Å². The predicted octanol–water partition coefficient (Wildman–Crippen LogP) is 4.20. The summed E-state index contributed by atoms with van der Waals surface area (Å²) >= 11 is 0. The van der Waals surface area contributed by atoms with Gasteiger partial charge in [-0.3, -0.25) is 4.79 Å². The van der Waals surface area contributed by atoms with Crippen LogP contribution in [0.4, 0.5) is 5.82 Å². The van der Waals surface area contributed by atoms with Crippen molar-refractivity contribution in [3.8, 4) is 5.75 Å². The molecule has 1 heterocycles. The van der Waals surface area contributed by atoms with Crippen LogP contribution in [-0.2, 0) is 11.0 Å². The predicted molar refractivity (Wildman–Crippen MR) is 96.9 cm³/mol. The van der Waals surface area contributed by atoms with Gasteiger partial charge >= 0.3 is 0 Å². The summed E-state index contributed by atoms with van der Waals surface area (Å²) in [5.41, 5.74) is 1.10. The van der Waals surface area contributed by atoms with Gasteiger partial charge in [-0.2, -0.15) is 5.10 Å². The highest BCUT2D eigenvalue weighted by molar-refractivity contribution is 6.05. The number of nitrogens with one attached hydrogen (secondary N) is 1. The molecule has 0 saturated carbocycles. The number of amides is 1. The van der Waals surface area contributed by atoms with Crippen molar-refractivity contribution in [3.63, 3.8) is 0 Å². The maximum Gasteiger partial charge on any atom is 0.260 e. The lowest BCUT2D eigenvalue weighted by Gasteiger charge is -2.23. The van der Waals surface area contributed by atoms with Crippen LogP contribution >= 0.6 is 0 Å². The molecule has 2 rings (SSSR count).